The molecule has 0 saturated heterocycles. The Kier molecular flexibility index (Phi) is 388. The first kappa shape index (κ1) is 124. The first-order valence-corrected chi connectivity index (χ1v) is 2.55. The van der Waals surface area contributed by atoms with Crippen LogP contribution >= 0.6 is 0 Å². The van der Waals surface area contributed by atoms with Gasteiger partial charge in [-0.2, -0.15) is 0 Å². The van der Waals surface area contributed by atoms with Gasteiger partial charge in [0.15, 0.2) is 12.6 Å². The summed E-state index contributed by atoms with van der Waals surface area (Å²) >= 11 is 0. The predicted molar refractivity (Wildman–Crippen MR) is 102 cm³/mol. The molecule has 0 aromatic heterocycles. The van der Waals surface area contributed by atoms with Crippen molar-refractivity contribution in [3.63, 3.8) is 0 Å². The Morgan fingerprint density at radius 3 is 0.440 bits per heavy atom. The van der Waals surface area contributed by atoms with E-state index in [0.717, 1.165) is 0 Å². The SMILES string of the molecule is O.O.O.O.O.O.O.O.OC(O)C(O)C(O)C(O)O.[PbH].[PbH].[PbH].[Pb].[Pb].[Pb].[Pb]. The molecule has 0 bridgehead atoms. The summed E-state index contributed by atoms with van der Waals surface area (Å²) in [6.45, 7) is 0. The van der Waals surface area contributed by atoms with Gasteiger partial charge >= 0.3 is 81.9 Å². The molecule has 2 atom stereocenters. The van der Waals surface area contributed by atoms with Crippen LogP contribution in [0.25, 0.3) is 0 Å². The van der Waals surface area contributed by atoms with Crippen LogP contribution in [0.3, 0.4) is 0 Å². The normalized spacial score (nSPS) is 7.20. The van der Waals surface area contributed by atoms with Crippen molar-refractivity contribution >= 4 is 191 Å². The molecule has 0 rings (SSSR count). The van der Waals surface area contributed by atoms with Crippen molar-refractivity contribution in [3.05, 3.63) is 0 Å². The van der Waals surface area contributed by atoms with Crippen molar-refractivity contribution in [3.8, 4) is 0 Å². The maximum atomic E-state index is 8.50. The summed E-state index contributed by atoms with van der Waals surface area (Å²) < 4.78 is 0. The number of hydrogen-bond donors (Lipinski definition) is 6. The summed E-state index contributed by atoms with van der Waals surface area (Å²) in [5.41, 5.74) is 0. The summed E-state index contributed by atoms with van der Waals surface area (Å²) in [7, 11) is 0. The number of aliphatic hydroxyl groups is 6. The number of rotatable bonds is 3. The molecule has 0 aliphatic carbocycles. The molecular weight excluding hydrogens is 1720 g/mol. The van der Waals surface area contributed by atoms with E-state index >= 15 is 0 Å². The minimum Gasteiger partial charge on any atom is 0 e. The van der Waals surface area contributed by atoms with Gasteiger partial charge in [-0.05, 0) is 0 Å². The van der Waals surface area contributed by atoms with E-state index in [0.29, 0.717) is 0 Å². The zero-order chi connectivity index (χ0) is 8.31. The van der Waals surface area contributed by atoms with Crippen LogP contribution in [0.1, 0.15) is 0 Å². The molecule has 0 heterocycles. The Hall–Kier alpha value is 5.89. The van der Waals surface area contributed by atoms with Gasteiger partial charge in [0, 0.05) is 109 Å². The average molecular weight is 1750 g/mol. The van der Waals surface area contributed by atoms with Gasteiger partial charge in [0.1, 0.15) is 12.2 Å². The monoisotopic (exact) mass is 1760 g/mol. The molecule has 0 aliphatic heterocycles. The molecule has 0 amide bonds. The third-order valence-corrected chi connectivity index (χ3v) is 0.961. The van der Waals surface area contributed by atoms with Crippen LogP contribution < -0.4 is 0 Å². The minimum atomic E-state index is -2.18. The van der Waals surface area contributed by atoms with Gasteiger partial charge in [0.05, 0.1) is 0 Å². The van der Waals surface area contributed by atoms with Crippen LogP contribution in [-0.4, -0.2) is 290 Å². The standard InChI is InChI=1S/C4H10O6.8H2O.7Pb.3H/c5-1(3(7)8)2(6)4(9)10;;;;;;;;;;;;;;;;;;/h1-10H;8*1H2;;;;;;;;;;. The van der Waals surface area contributed by atoms with E-state index < -0.39 is 24.8 Å². The van der Waals surface area contributed by atoms with Crippen LogP contribution in [0.4, 0.5) is 0 Å². The maximum Gasteiger partial charge on any atom is 0 e. The fourth-order valence-electron chi connectivity index (χ4n) is 0.353. The van der Waals surface area contributed by atoms with Crippen LogP contribution in [0.15, 0.2) is 0 Å². The van der Waals surface area contributed by atoms with Crippen molar-refractivity contribution in [1.29, 1.82) is 0 Å². The molecule has 0 saturated carbocycles. The maximum absolute atomic E-state index is 8.50. The fraction of sp³-hybridized carbons (Fsp3) is 1.00. The Balaban J connectivity index is -0.00000000386. The largest absolute Gasteiger partial charge is 0 e. The van der Waals surface area contributed by atoms with E-state index in [-0.39, 0.29) is 235 Å². The molecule has 25 heavy (non-hydrogen) atoms. The van der Waals surface area contributed by atoms with Gasteiger partial charge in [-0.3, -0.25) is 0 Å². The molecule has 2 unspecified atom stereocenters. The molecule has 0 aromatic carbocycles. The van der Waals surface area contributed by atoms with Gasteiger partial charge in [-0.1, -0.05) is 0 Å². The molecule has 157 valence electrons. The fourth-order valence-corrected chi connectivity index (χ4v) is 0.353. The van der Waals surface area contributed by atoms with E-state index in [4.69, 9.17) is 30.6 Å². The third kappa shape index (κ3) is 72.6. The van der Waals surface area contributed by atoms with Crippen LogP contribution in [0, 0.1) is 0 Å². The van der Waals surface area contributed by atoms with Crippen molar-refractivity contribution in [2.24, 2.45) is 0 Å². The molecule has 22 N–H and O–H groups in total. The second-order valence-corrected chi connectivity index (χ2v) is 1.81. The molecule has 0 spiro atoms. The molecule has 0 aliphatic rings. The Morgan fingerprint density at radius 2 is 0.400 bits per heavy atom. The predicted octanol–water partition coefficient (Wildman–Crippen LogP) is -13.7. The Bertz CT molecular complexity index is 105. The van der Waals surface area contributed by atoms with Gasteiger partial charge in [-0.15, -0.1) is 0 Å². The number of aliphatic hydroxyl groups excluding tert-OH is 4. The summed E-state index contributed by atoms with van der Waals surface area (Å²) in [4.78, 5) is 0. The summed E-state index contributed by atoms with van der Waals surface area (Å²) in [6.07, 6.45) is -8.31. The van der Waals surface area contributed by atoms with Gasteiger partial charge in [0.25, 0.3) is 0 Å². The third-order valence-electron chi connectivity index (χ3n) is 0.961. The summed E-state index contributed by atoms with van der Waals surface area (Å²) in [5, 5.41) is 49.6. The van der Waals surface area contributed by atoms with Crippen molar-refractivity contribution in [2.75, 3.05) is 0 Å². The first-order chi connectivity index (χ1) is 4.46. The first-order valence-electron chi connectivity index (χ1n) is 2.55. The van der Waals surface area contributed by atoms with Crippen molar-refractivity contribution < 1.29 is 74.4 Å². The van der Waals surface area contributed by atoms with Gasteiger partial charge < -0.3 is 74.4 Å². The van der Waals surface area contributed by atoms with E-state index in [9.17, 15) is 0 Å². The molecule has 0 aromatic rings. The second-order valence-electron chi connectivity index (χ2n) is 1.81. The van der Waals surface area contributed by atoms with E-state index in [1.807, 2.05) is 0 Å². The molecule has 21 heteroatoms. The minimum absolute atomic E-state index is 0. The van der Waals surface area contributed by atoms with Crippen molar-refractivity contribution in [1.82, 2.24) is 0 Å². The molecule has 25 radical (unpaired) electrons. The van der Waals surface area contributed by atoms with Gasteiger partial charge in [0.2, 0.25) is 0 Å². The van der Waals surface area contributed by atoms with E-state index in [2.05, 4.69) is 0 Å². The Morgan fingerprint density at radius 1 is 0.320 bits per heavy atom. The molecule has 14 nitrogen and oxygen atoms in total. The van der Waals surface area contributed by atoms with Crippen LogP contribution in [0.5, 0.6) is 0 Å². The van der Waals surface area contributed by atoms with Crippen LogP contribution in [0.2, 0.25) is 0 Å². The van der Waals surface area contributed by atoms with Gasteiger partial charge in [-0.25, -0.2) is 0 Å². The smallest absolute Gasteiger partial charge is 0 e. The van der Waals surface area contributed by atoms with E-state index in [1.54, 1.807) is 0 Å². The molecule has 0 fully saturated rings. The quantitative estimate of drug-likeness (QED) is 0.118. The zero-order valence-electron chi connectivity index (χ0n) is 12.7. The summed E-state index contributed by atoms with van der Waals surface area (Å²) in [5.74, 6) is 0. The van der Waals surface area contributed by atoms with Crippen LogP contribution in [-0.2, 0) is 0 Å². The molecular formula is C4H29O14Pb7. The topological polar surface area (TPSA) is 373 Å². The zero-order valence-corrected chi connectivity index (χ0v) is 41.7. The van der Waals surface area contributed by atoms with Crippen molar-refractivity contribution in [2.45, 2.75) is 24.8 Å². The second kappa shape index (κ2) is 77.9. The average Bonchev–Trinajstić information content (AvgIpc) is 1.84. The summed E-state index contributed by atoms with van der Waals surface area (Å²) in [6, 6.07) is 0. The number of hydrogen-bond acceptors (Lipinski definition) is 6. The van der Waals surface area contributed by atoms with E-state index in [1.165, 1.54) is 0 Å². The Labute approximate surface area is 284 Å².